The molecule has 0 N–H and O–H groups in total. The molecule has 0 atom stereocenters. The Bertz CT molecular complexity index is 847. The van der Waals surface area contributed by atoms with Crippen molar-refractivity contribution >= 4 is 23.9 Å². The highest BCUT2D eigenvalue weighted by Gasteiger charge is 2.24. The van der Waals surface area contributed by atoms with E-state index in [4.69, 9.17) is 9.47 Å². The van der Waals surface area contributed by atoms with Gasteiger partial charge in [0.2, 0.25) is 5.91 Å². The molecule has 1 heterocycles. The molecule has 0 aromatic carbocycles. The fourth-order valence-electron chi connectivity index (χ4n) is 3.42. The number of nitrogens with zero attached hydrogens (tertiary/aromatic N) is 3. The van der Waals surface area contributed by atoms with Gasteiger partial charge in [-0.25, -0.2) is 4.79 Å². The average Bonchev–Trinajstić information content (AvgIpc) is 2.90. The van der Waals surface area contributed by atoms with Gasteiger partial charge in [0.05, 0.1) is 12.2 Å². The average molecular weight is 450 g/mol. The van der Waals surface area contributed by atoms with Crippen molar-refractivity contribution in [2.45, 2.75) is 60.6 Å². The van der Waals surface area contributed by atoms with Gasteiger partial charge < -0.3 is 23.8 Å². The lowest BCUT2D eigenvalue weighted by Gasteiger charge is -2.25. The van der Waals surface area contributed by atoms with Gasteiger partial charge in [-0.1, -0.05) is 0 Å². The van der Waals surface area contributed by atoms with Gasteiger partial charge >= 0.3 is 11.9 Å². The van der Waals surface area contributed by atoms with Crippen LogP contribution in [-0.2, 0) is 25.6 Å². The van der Waals surface area contributed by atoms with Gasteiger partial charge in [-0.05, 0) is 68.6 Å². The Kier molecular flexibility index (Phi) is 10.2. The van der Waals surface area contributed by atoms with Crippen LogP contribution in [-0.4, -0.2) is 78.2 Å². The lowest BCUT2D eigenvalue weighted by Crippen LogP contribution is -2.41. The van der Waals surface area contributed by atoms with Crippen LogP contribution in [0.25, 0.3) is 6.08 Å². The molecule has 0 spiro atoms. The second-order valence-electron chi connectivity index (χ2n) is 8.91. The van der Waals surface area contributed by atoms with Crippen molar-refractivity contribution in [2.24, 2.45) is 0 Å². The van der Waals surface area contributed by atoms with Crippen LogP contribution in [0.1, 0.15) is 61.9 Å². The van der Waals surface area contributed by atoms with E-state index in [9.17, 15) is 14.4 Å². The zero-order valence-electron chi connectivity index (χ0n) is 21.1. The third-order valence-corrected chi connectivity index (χ3v) is 4.89. The first-order chi connectivity index (χ1) is 14.8. The molecule has 180 valence electrons. The first-order valence-electron chi connectivity index (χ1n) is 11.0. The zero-order valence-corrected chi connectivity index (χ0v) is 21.1. The maximum Gasteiger partial charge on any atom is 0.340 e. The second kappa shape index (κ2) is 11.9. The Labute approximate surface area is 192 Å². The van der Waals surface area contributed by atoms with E-state index in [2.05, 4.69) is 0 Å². The van der Waals surface area contributed by atoms with E-state index in [1.54, 1.807) is 33.8 Å². The Morgan fingerprint density at radius 2 is 1.66 bits per heavy atom. The van der Waals surface area contributed by atoms with Crippen molar-refractivity contribution in [1.29, 1.82) is 0 Å². The van der Waals surface area contributed by atoms with E-state index in [1.807, 2.05) is 44.3 Å². The molecule has 0 fully saturated rings. The summed E-state index contributed by atoms with van der Waals surface area (Å²) in [7, 11) is 3.80. The van der Waals surface area contributed by atoms with E-state index in [0.29, 0.717) is 30.8 Å². The van der Waals surface area contributed by atoms with Crippen LogP contribution in [0.5, 0.6) is 0 Å². The molecule has 0 bridgehead atoms. The van der Waals surface area contributed by atoms with Crippen LogP contribution in [0.15, 0.2) is 6.08 Å². The smallest absolute Gasteiger partial charge is 0.340 e. The van der Waals surface area contributed by atoms with Gasteiger partial charge in [0.1, 0.15) is 12.1 Å². The molecule has 0 aliphatic carbocycles. The molecule has 0 saturated heterocycles. The SMILES string of the molecule is CCOC(=O)c1c(/C=C/C(=O)N(CCN(C)C)CC(=O)OC(C)(C)C)c(C)n(CC)c1C. The molecule has 0 aliphatic rings. The highest BCUT2D eigenvalue weighted by Crippen LogP contribution is 2.25. The van der Waals surface area contributed by atoms with Gasteiger partial charge in [-0.3, -0.25) is 9.59 Å². The van der Waals surface area contributed by atoms with E-state index in [1.165, 1.54) is 11.0 Å². The molecule has 1 rings (SSSR count). The van der Waals surface area contributed by atoms with Crippen molar-refractivity contribution < 1.29 is 23.9 Å². The predicted molar refractivity (Wildman–Crippen MR) is 126 cm³/mol. The molecule has 1 amide bonds. The maximum absolute atomic E-state index is 13.0. The molecule has 32 heavy (non-hydrogen) atoms. The summed E-state index contributed by atoms with van der Waals surface area (Å²) >= 11 is 0. The summed E-state index contributed by atoms with van der Waals surface area (Å²) in [5, 5.41) is 0. The summed E-state index contributed by atoms with van der Waals surface area (Å²) in [5.74, 6) is -1.20. The Balaban J connectivity index is 3.22. The first-order valence-corrected chi connectivity index (χ1v) is 11.0. The summed E-state index contributed by atoms with van der Waals surface area (Å²) < 4.78 is 12.6. The van der Waals surface area contributed by atoms with Gasteiger partial charge in [0, 0.05) is 42.7 Å². The van der Waals surface area contributed by atoms with E-state index >= 15 is 0 Å². The second-order valence-corrected chi connectivity index (χ2v) is 8.91. The van der Waals surface area contributed by atoms with Crippen molar-refractivity contribution in [1.82, 2.24) is 14.4 Å². The number of ether oxygens (including phenoxy) is 2. The predicted octanol–water partition coefficient (Wildman–Crippen LogP) is 3.05. The normalized spacial score (nSPS) is 11.8. The summed E-state index contributed by atoms with van der Waals surface area (Å²) in [6.45, 7) is 14.7. The maximum atomic E-state index is 13.0. The van der Waals surface area contributed by atoms with E-state index < -0.39 is 17.5 Å². The summed E-state index contributed by atoms with van der Waals surface area (Å²) in [5.41, 5.74) is 2.16. The van der Waals surface area contributed by atoms with Crippen LogP contribution in [0, 0.1) is 13.8 Å². The van der Waals surface area contributed by atoms with E-state index in [-0.39, 0.29) is 19.1 Å². The zero-order chi connectivity index (χ0) is 24.6. The number of esters is 2. The molecule has 0 radical (unpaired) electrons. The minimum absolute atomic E-state index is 0.146. The molecular formula is C24H39N3O5. The molecule has 0 unspecified atom stereocenters. The standard InChI is InChI=1S/C24H39N3O5/c1-10-27-17(3)19(22(18(27)4)23(30)31-11-2)12-13-20(28)26(15-14-25(8)9)16-21(29)32-24(5,6)7/h12-13H,10-11,14-16H2,1-9H3/b13-12+. The molecule has 1 aromatic heterocycles. The van der Waals surface area contributed by atoms with Crippen molar-refractivity contribution in [3.8, 4) is 0 Å². The third-order valence-electron chi connectivity index (χ3n) is 4.89. The molecular weight excluding hydrogens is 410 g/mol. The largest absolute Gasteiger partial charge is 0.462 e. The summed E-state index contributed by atoms with van der Waals surface area (Å²) in [4.78, 5) is 41.3. The highest BCUT2D eigenvalue weighted by atomic mass is 16.6. The van der Waals surface area contributed by atoms with Gasteiger partial charge in [-0.15, -0.1) is 0 Å². The number of carbonyl (C=O) groups excluding carboxylic acids is 3. The number of carbonyl (C=O) groups is 3. The van der Waals surface area contributed by atoms with Crippen LogP contribution < -0.4 is 0 Å². The molecule has 0 aliphatic heterocycles. The lowest BCUT2D eigenvalue weighted by atomic mass is 10.1. The Morgan fingerprint density at radius 1 is 1.03 bits per heavy atom. The minimum Gasteiger partial charge on any atom is -0.462 e. The first kappa shape index (κ1) is 27.4. The monoisotopic (exact) mass is 449 g/mol. The van der Waals surface area contributed by atoms with Gasteiger partial charge in [0.25, 0.3) is 0 Å². The molecule has 0 saturated carbocycles. The quantitative estimate of drug-likeness (QED) is 0.403. The number of amides is 1. The minimum atomic E-state index is -0.630. The topological polar surface area (TPSA) is 81.1 Å². The third kappa shape index (κ3) is 7.82. The molecule has 1 aromatic rings. The summed E-state index contributed by atoms with van der Waals surface area (Å²) in [6, 6.07) is 0. The number of rotatable bonds is 10. The van der Waals surface area contributed by atoms with Crippen LogP contribution in [0.2, 0.25) is 0 Å². The highest BCUT2D eigenvalue weighted by molar-refractivity contribution is 5.99. The Hall–Kier alpha value is -2.61. The number of hydrogen-bond acceptors (Lipinski definition) is 6. The van der Waals surface area contributed by atoms with Crippen molar-refractivity contribution in [3.05, 3.63) is 28.6 Å². The fraction of sp³-hybridized carbons (Fsp3) is 0.625. The van der Waals surface area contributed by atoms with Crippen LogP contribution in [0.3, 0.4) is 0 Å². The number of hydrogen-bond donors (Lipinski definition) is 0. The van der Waals surface area contributed by atoms with Gasteiger partial charge in [0.15, 0.2) is 0 Å². The number of aromatic nitrogens is 1. The van der Waals surface area contributed by atoms with E-state index in [0.717, 1.165) is 11.4 Å². The van der Waals surface area contributed by atoms with Crippen LogP contribution in [0.4, 0.5) is 0 Å². The summed E-state index contributed by atoms with van der Waals surface area (Å²) in [6.07, 6.45) is 3.05. The number of likely N-dealkylation sites (N-methyl/N-ethyl adjacent to an activating group) is 1. The Morgan fingerprint density at radius 3 is 2.16 bits per heavy atom. The molecule has 8 heteroatoms. The van der Waals surface area contributed by atoms with Gasteiger partial charge in [-0.2, -0.15) is 0 Å². The molecule has 8 nitrogen and oxygen atoms in total. The fourth-order valence-corrected chi connectivity index (χ4v) is 3.42. The lowest BCUT2D eigenvalue weighted by molar-refractivity contribution is -0.158. The van der Waals surface area contributed by atoms with Crippen molar-refractivity contribution in [3.63, 3.8) is 0 Å². The van der Waals surface area contributed by atoms with Crippen molar-refractivity contribution in [2.75, 3.05) is 40.3 Å². The van der Waals surface area contributed by atoms with Crippen LogP contribution >= 0.6 is 0 Å².